The SMILES string of the molecule is CCOCC.CCOP(=O)(O)O.N. The highest BCUT2D eigenvalue weighted by Gasteiger charge is 2.10. The van der Waals surface area contributed by atoms with Crippen LogP contribution in [0.15, 0.2) is 0 Å². The molecule has 0 rings (SSSR count). The van der Waals surface area contributed by atoms with Gasteiger partial charge in [0.05, 0.1) is 6.61 Å². The number of phosphoric acid groups is 1. The van der Waals surface area contributed by atoms with Crippen LogP contribution < -0.4 is 6.15 Å². The van der Waals surface area contributed by atoms with E-state index in [-0.39, 0.29) is 12.8 Å². The van der Waals surface area contributed by atoms with Gasteiger partial charge in [-0.3, -0.25) is 4.52 Å². The lowest BCUT2D eigenvalue weighted by atomic mass is 10.8. The lowest BCUT2D eigenvalue weighted by Crippen LogP contribution is -1.84. The fourth-order valence-corrected chi connectivity index (χ4v) is 0.709. The van der Waals surface area contributed by atoms with E-state index in [2.05, 4.69) is 4.52 Å². The number of rotatable bonds is 4. The van der Waals surface area contributed by atoms with E-state index in [1.54, 1.807) is 0 Å². The van der Waals surface area contributed by atoms with E-state index in [0.29, 0.717) is 0 Å². The third-order valence-corrected chi connectivity index (χ3v) is 1.30. The van der Waals surface area contributed by atoms with Crippen LogP contribution in [-0.4, -0.2) is 29.6 Å². The summed E-state index contributed by atoms with van der Waals surface area (Å²) in [6.07, 6.45) is 0. The Balaban J connectivity index is -0.000000150. The van der Waals surface area contributed by atoms with Crippen LogP contribution in [0.5, 0.6) is 0 Å². The van der Waals surface area contributed by atoms with E-state index in [1.165, 1.54) is 6.92 Å². The zero-order valence-electron chi connectivity index (χ0n) is 8.39. The average Bonchev–Trinajstić information content (AvgIpc) is 1.87. The maximum atomic E-state index is 9.70. The molecule has 0 aliphatic carbocycles. The van der Waals surface area contributed by atoms with Crippen molar-refractivity contribution in [1.82, 2.24) is 6.15 Å². The summed E-state index contributed by atoms with van der Waals surface area (Å²) in [5, 5.41) is 0. The molecular weight excluding hydrogens is 197 g/mol. The van der Waals surface area contributed by atoms with Gasteiger partial charge in [-0.05, 0) is 20.8 Å². The lowest BCUT2D eigenvalue weighted by Gasteiger charge is -1.98. The summed E-state index contributed by atoms with van der Waals surface area (Å²) in [7, 11) is -4.17. The van der Waals surface area contributed by atoms with Crippen LogP contribution >= 0.6 is 7.82 Å². The van der Waals surface area contributed by atoms with Gasteiger partial charge in [-0.1, -0.05) is 0 Å². The van der Waals surface area contributed by atoms with Crippen molar-refractivity contribution >= 4 is 7.82 Å². The molecule has 0 saturated heterocycles. The van der Waals surface area contributed by atoms with Gasteiger partial charge in [-0.15, -0.1) is 0 Å². The highest BCUT2D eigenvalue weighted by atomic mass is 31.2. The Kier molecular flexibility index (Phi) is 17.3. The quantitative estimate of drug-likeness (QED) is 0.612. The standard InChI is InChI=1S/C4H10O.C2H7O4P.H3N/c1-3-5-4-2;1-2-6-7(3,4)5;/h3-4H2,1-2H3;2H2,1H3,(H2,3,4,5);1H3. The summed E-state index contributed by atoms with van der Waals surface area (Å²) in [6, 6.07) is 0. The molecule has 0 aromatic carbocycles. The summed E-state index contributed by atoms with van der Waals surface area (Å²) in [6.45, 7) is 7.23. The Morgan fingerprint density at radius 1 is 1.08 bits per heavy atom. The van der Waals surface area contributed by atoms with Crippen LogP contribution in [0.3, 0.4) is 0 Å². The summed E-state index contributed by atoms with van der Waals surface area (Å²) in [5.74, 6) is 0. The predicted molar refractivity (Wildman–Crippen MR) is 50.9 cm³/mol. The molecule has 0 spiro atoms. The molecule has 0 fully saturated rings. The minimum atomic E-state index is -4.17. The number of hydrogen-bond donors (Lipinski definition) is 3. The lowest BCUT2D eigenvalue weighted by molar-refractivity contribution is 0.162. The molecule has 0 aromatic rings. The molecule has 5 N–H and O–H groups in total. The highest BCUT2D eigenvalue weighted by molar-refractivity contribution is 7.46. The molecule has 0 saturated carbocycles. The fraction of sp³-hybridized carbons (Fsp3) is 1.00. The molecule has 0 aromatic heterocycles. The van der Waals surface area contributed by atoms with E-state index in [9.17, 15) is 4.57 Å². The second-order valence-electron chi connectivity index (χ2n) is 1.69. The molecule has 0 bridgehead atoms. The van der Waals surface area contributed by atoms with Crippen LogP contribution in [0.2, 0.25) is 0 Å². The van der Waals surface area contributed by atoms with Crippen molar-refractivity contribution in [2.24, 2.45) is 0 Å². The third kappa shape index (κ3) is 33.3. The maximum Gasteiger partial charge on any atom is 0.469 e. The Morgan fingerprint density at radius 3 is 1.46 bits per heavy atom. The number of hydrogen-bond acceptors (Lipinski definition) is 4. The minimum Gasteiger partial charge on any atom is -0.382 e. The second-order valence-corrected chi connectivity index (χ2v) is 2.93. The molecule has 0 heterocycles. The fourth-order valence-electron chi connectivity index (χ4n) is 0.372. The summed E-state index contributed by atoms with van der Waals surface area (Å²) in [4.78, 5) is 15.8. The zero-order valence-corrected chi connectivity index (χ0v) is 9.29. The summed E-state index contributed by atoms with van der Waals surface area (Å²) >= 11 is 0. The molecule has 0 unspecified atom stereocenters. The van der Waals surface area contributed by atoms with Crippen molar-refractivity contribution in [3.63, 3.8) is 0 Å². The third-order valence-electron chi connectivity index (χ3n) is 0.706. The van der Waals surface area contributed by atoms with Gasteiger partial charge in [-0.25, -0.2) is 4.57 Å². The molecule has 84 valence electrons. The van der Waals surface area contributed by atoms with Gasteiger partial charge in [-0.2, -0.15) is 0 Å². The number of ether oxygens (including phenoxy) is 1. The first-order valence-electron chi connectivity index (χ1n) is 3.75. The molecule has 0 aliphatic rings. The van der Waals surface area contributed by atoms with Crippen LogP contribution in [0.1, 0.15) is 20.8 Å². The van der Waals surface area contributed by atoms with E-state index >= 15 is 0 Å². The first-order valence-corrected chi connectivity index (χ1v) is 5.28. The predicted octanol–water partition coefficient (Wildman–Crippen LogP) is 1.32. The maximum absolute atomic E-state index is 9.70. The zero-order chi connectivity index (χ0) is 10.0. The Bertz CT molecular complexity index is 124. The Morgan fingerprint density at radius 2 is 1.46 bits per heavy atom. The molecule has 0 amide bonds. The van der Waals surface area contributed by atoms with Gasteiger partial charge in [0.1, 0.15) is 0 Å². The van der Waals surface area contributed by atoms with Crippen molar-refractivity contribution in [2.75, 3.05) is 19.8 Å². The summed E-state index contributed by atoms with van der Waals surface area (Å²) < 4.78 is 18.4. The van der Waals surface area contributed by atoms with Crippen molar-refractivity contribution in [1.29, 1.82) is 0 Å². The molecule has 7 heteroatoms. The Hall–Kier alpha value is 0.0300. The van der Waals surface area contributed by atoms with Gasteiger partial charge < -0.3 is 20.7 Å². The van der Waals surface area contributed by atoms with Crippen molar-refractivity contribution in [3.8, 4) is 0 Å². The van der Waals surface area contributed by atoms with Crippen LogP contribution in [-0.2, 0) is 13.8 Å². The highest BCUT2D eigenvalue weighted by Crippen LogP contribution is 2.34. The van der Waals surface area contributed by atoms with Crippen LogP contribution in [0.4, 0.5) is 0 Å². The van der Waals surface area contributed by atoms with Gasteiger partial charge >= 0.3 is 7.82 Å². The smallest absolute Gasteiger partial charge is 0.382 e. The summed E-state index contributed by atoms with van der Waals surface area (Å²) in [5.41, 5.74) is 0. The van der Waals surface area contributed by atoms with Gasteiger partial charge in [0.25, 0.3) is 0 Å². The second kappa shape index (κ2) is 12.0. The van der Waals surface area contributed by atoms with Gasteiger partial charge in [0.15, 0.2) is 0 Å². The molecule has 13 heavy (non-hydrogen) atoms. The van der Waals surface area contributed by atoms with E-state index < -0.39 is 7.82 Å². The van der Waals surface area contributed by atoms with Gasteiger partial charge in [0.2, 0.25) is 0 Å². The van der Waals surface area contributed by atoms with Crippen molar-refractivity contribution < 1.29 is 23.6 Å². The molecule has 6 nitrogen and oxygen atoms in total. The molecular formula is C6H20NO5P. The van der Waals surface area contributed by atoms with E-state index in [1.807, 2.05) is 13.8 Å². The molecule has 0 atom stereocenters. The first kappa shape index (κ1) is 18.7. The van der Waals surface area contributed by atoms with Crippen LogP contribution in [0.25, 0.3) is 0 Å². The minimum absolute atomic E-state index is 0. The van der Waals surface area contributed by atoms with Crippen molar-refractivity contribution in [3.05, 3.63) is 0 Å². The molecule has 0 aliphatic heterocycles. The van der Waals surface area contributed by atoms with Gasteiger partial charge in [0, 0.05) is 13.2 Å². The van der Waals surface area contributed by atoms with Crippen LogP contribution in [0, 0.1) is 0 Å². The Labute approximate surface area is 79.1 Å². The van der Waals surface area contributed by atoms with E-state index in [0.717, 1.165) is 13.2 Å². The monoisotopic (exact) mass is 217 g/mol. The topological polar surface area (TPSA) is 111 Å². The average molecular weight is 217 g/mol. The molecule has 0 radical (unpaired) electrons. The normalized spacial score (nSPS) is 9.62. The van der Waals surface area contributed by atoms with Crippen molar-refractivity contribution in [2.45, 2.75) is 20.8 Å². The largest absolute Gasteiger partial charge is 0.469 e. The number of phosphoric ester groups is 1. The van der Waals surface area contributed by atoms with E-state index in [4.69, 9.17) is 14.5 Å². The first-order chi connectivity index (χ1) is 5.47.